The van der Waals surface area contributed by atoms with Crippen molar-refractivity contribution in [3.05, 3.63) is 86.9 Å². The number of ketones is 1. The average Bonchev–Trinajstić information content (AvgIpc) is 3.22. The number of methoxy groups -OCH3 is 4. The molecule has 3 aromatic carbocycles. The van der Waals surface area contributed by atoms with E-state index in [0.717, 1.165) is 0 Å². The fourth-order valence-corrected chi connectivity index (χ4v) is 5.22. The van der Waals surface area contributed by atoms with Gasteiger partial charge in [-0.3, -0.25) is 19.3 Å². The number of anilines is 1. The van der Waals surface area contributed by atoms with Gasteiger partial charge in [0.25, 0.3) is 11.7 Å². The number of hydrogen-bond acceptors (Lipinski definition) is 8. The summed E-state index contributed by atoms with van der Waals surface area (Å²) < 4.78 is 20.7. The van der Waals surface area contributed by atoms with E-state index in [-0.39, 0.29) is 39.1 Å². The minimum atomic E-state index is -1.06. The van der Waals surface area contributed by atoms with E-state index in [1.807, 2.05) is 0 Å². The number of aliphatic hydroxyl groups excluding tert-OH is 1. The Kier molecular flexibility index (Phi) is 8.56. The highest BCUT2D eigenvalue weighted by molar-refractivity contribution is 6.52. The van der Waals surface area contributed by atoms with Crippen molar-refractivity contribution in [2.75, 3.05) is 33.3 Å². The molecule has 4 rings (SSSR count). The van der Waals surface area contributed by atoms with Crippen molar-refractivity contribution in [1.29, 1.82) is 0 Å². The Morgan fingerprint density at radius 3 is 2.20 bits per heavy atom. The second-order valence-corrected chi connectivity index (χ2v) is 9.44. The Balaban J connectivity index is 1.95. The van der Waals surface area contributed by atoms with E-state index in [9.17, 15) is 19.5 Å². The van der Waals surface area contributed by atoms with Crippen molar-refractivity contribution in [3.63, 3.8) is 0 Å². The lowest BCUT2D eigenvalue weighted by atomic mass is 9.94. The fourth-order valence-electron chi connectivity index (χ4n) is 4.53. The van der Waals surface area contributed by atoms with Gasteiger partial charge in [0.1, 0.15) is 16.5 Å². The molecule has 9 nitrogen and oxygen atoms in total. The number of hydrogen-bond donors (Lipinski definition) is 1. The van der Waals surface area contributed by atoms with Gasteiger partial charge in [-0.1, -0.05) is 47.5 Å². The van der Waals surface area contributed by atoms with Crippen LogP contribution in [-0.2, 0) is 25.5 Å². The van der Waals surface area contributed by atoms with Crippen LogP contribution in [-0.4, -0.2) is 51.2 Å². The van der Waals surface area contributed by atoms with E-state index in [1.54, 1.807) is 48.5 Å². The lowest BCUT2D eigenvalue weighted by molar-refractivity contribution is -0.139. The van der Waals surface area contributed by atoms with Gasteiger partial charge >= 0.3 is 5.97 Å². The molecule has 11 heteroatoms. The second kappa shape index (κ2) is 11.9. The zero-order valence-electron chi connectivity index (χ0n) is 22.0. The third kappa shape index (κ3) is 5.17. The monoisotopic (exact) mass is 585 g/mol. The minimum Gasteiger partial charge on any atom is -0.507 e. The normalized spacial score (nSPS) is 16.1. The number of Topliss-reactive ketones (excluding diaryl/α,β-unsaturated/α-hetero) is 1. The molecule has 208 valence electrons. The summed E-state index contributed by atoms with van der Waals surface area (Å²) in [5.74, 6) is -2.18. The molecular weight excluding hydrogens is 561 g/mol. The maximum absolute atomic E-state index is 13.6. The molecule has 1 N–H and O–H groups in total. The Morgan fingerprint density at radius 2 is 1.60 bits per heavy atom. The van der Waals surface area contributed by atoms with Crippen LogP contribution < -0.4 is 19.1 Å². The van der Waals surface area contributed by atoms with Crippen LogP contribution in [0.5, 0.6) is 17.2 Å². The van der Waals surface area contributed by atoms with E-state index >= 15 is 0 Å². The van der Waals surface area contributed by atoms with Crippen LogP contribution in [0.4, 0.5) is 5.69 Å². The summed E-state index contributed by atoms with van der Waals surface area (Å²) in [6.07, 6.45) is 0.0354. The first-order valence-corrected chi connectivity index (χ1v) is 12.6. The molecule has 1 saturated heterocycles. The molecule has 0 radical (unpaired) electrons. The number of nitrogens with zero attached hydrogens (tertiary/aromatic N) is 1. The molecular formula is C29H25Cl2NO8. The third-order valence-corrected chi connectivity index (χ3v) is 7.06. The fraction of sp³-hybridized carbons (Fsp3) is 0.207. The zero-order valence-corrected chi connectivity index (χ0v) is 23.5. The number of amides is 1. The standard InChI is InChI=1S/C29H25Cl2NO8/c1-37-18-7-5-6-16(13-18)24-22(25(34)19-14-20(30)28(40-4)23(31)27(19)39-3)26(35)29(36)32(24)17-10-8-15(9-11-17)12-21(33)38-2/h5-11,13-14,24,34H,12H2,1-4H3/b25-22+. The van der Waals surface area contributed by atoms with Gasteiger partial charge in [0.15, 0.2) is 11.5 Å². The summed E-state index contributed by atoms with van der Waals surface area (Å²) in [6.45, 7) is 0. The van der Waals surface area contributed by atoms with Crippen LogP contribution in [0.2, 0.25) is 10.0 Å². The van der Waals surface area contributed by atoms with Gasteiger partial charge in [-0.2, -0.15) is 0 Å². The summed E-state index contributed by atoms with van der Waals surface area (Å²) in [5, 5.41) is 11.6. The predicted molar refractivity (Wildman–Crippen MR) is 150 cm³/mol. The highest BCUT2D eigenvalue weighted by Crippen LogP contribution is 2.48. The van der Waals surface area contributed by atoms with Gasteiger partial charge in [-0.05, 0) is 41.5 Å². The molecule has 40 heavy (non-hydrogen) atoms. The van der Waals surface area contributed by atoms with E-state index in [4.69, 9.17) is 42.1 Å². The van der Waals surface area contributed by atoms with Crippen LogP contribution in [0.3, 0.4) is 0 Å². The molecule has 1 aliphatic rings. The largest absolute Gasteiger partial charge is 0.507 e. The van der Waals surface area contributed by atoms with Crippen LogP contribution in [0.1, 0.15) is 22.7 Å². The smallest absolute Gasteiger partial charge is 0.309 e. The molecule has 0 bridgehead atoms. The molecule has 1 atom stereocenters. The maximum atomic E-state index is 13.6. The molecule has 0 spiro atoms. The van der Waals surface area contributed by atoms with E-state index in [0.29, 0.717) is 22.6 Å². The highest BCUT2D eigenvalue weighted by atomic mass is 35.5. The average molecular weight is 586 g/mol. The molecule has 1 heterocycles. The number of carbonyl (C=O) groups is 3. The molecule has 0 aromatic heterocycles. The summed E-state index contributed by atoms with van der Waals surface area (Å²) in [6, 6.07) is 13.6. The first kappa shape index (κ1) is 28.8. The number of halogens is 2. The van der Waals surface area contributed by atoms with Crippen LogP contribution in [0, 0.1) is 0 Å². The van der Waals surface area contributed by atoms with Gasteiger partial charge in [0.2, 0.25) is 0 Å². The molecule has 1 aliphatic heterocycles. The quantitative estimate of drug-likeness (QED) is 0.163. The minimum absolute atomic E-state index is 0.00220. The lowest BCUT2D eigenvalue weighted by Gasteiger charge is -2.26. The van der Waals surface area contributed by atoms with Gasteiger partial charge in [-0.15, -0.1) is 0 Å². The number of carbonyl (C=O) groups excluding carboxylic acids is 3. The molecule has 1 fully saturated rings. The molecule has 0 aliphatic carbocycles. The number of aliphatic hydroxyl groups is 1. The summed E-state index contributed by atoms with van der Waals surface area (Å²) in [7, 11) is 5.49. The van der Waals surface area contributed by atoms with Crippen molar-refractivity contribution in [2.24, 2.45) is 0 Å². The topological polar surface area (TPSA) is 112 Å². The first-order valence-electron chi connectivity index (χ1n) is 11.9. The Labute approximate surface area is 240 Å². The van der Waals surface area contributed by atoms with E-state index < -0.39 is 29.5 Å². The summed E-state index contributed by atoms with van der Waals surface area (Å²) >= 11 is 12.8. The Hall–Kier alpha value is -4.21. The first-order chi connectivity index (χ1) is 19.2. The second-order valence-electron chi connectivity index (χ2n) is 8.65. The molecule has 1 amide bonds. The Bertz CT molecular complexity index is 1520. The van der Waals surface area contributed by atoms with Crippen LogP contribution in [0.25, 0.3) is 5.76 Å². The third-order valence-electron chi connectivity index (χ3n) is 6.44. The van der Waals surface area contributed by atoms with Crippen LogP contribution in [0.15, 0.2) is 60.2 Å². The number of rotatable bonds is 8. The SMILES string of the molecule is COC(=O)Cc1ccc(N2C(=O)C(=O)/C(=C(/O)c3cc(Cl)c(OC)c(Cl)c3OC)C2c2cccc(OC)c2)cc1. The molecule has 1 unspecified atom stereocenters. The Morgan fingerprint density at radius 1 is 0.925 bits per heavy atom. The number of benzene rings is 3. The van der Waals surface area contributed by atoms with E-state index in [1.165, 1.54) is 39.4 Å². The zero-order chi connectivity index (χ0) is 29.1. The highest BCUT2D eigenvalue weighted by Gasteiger charge is 2.47. The van der Waals surface area contributed by atoms with Gasteiger partial charge in [0.05, 0.1) is 57.1 Å². The van der Waals surface area contributed by atoms with Crippen LogP contribution >= 0.6 is 23.2 Å². The number of esters is 1. The lowest BCUT2D eigenvalue weighted by Crippen LogP contribution is -2.29. The maximum Gasteiger partial charge on any atom is 0.309 e. The van der Waals surface area contributed by atoms with Crippen molar-refractivity contribution in [1.82, 2.24) is 0 Å². The van der Waals surface area contributed by atoms with Crippen molar-refractivity contribution in [3.8, 4) is 17.2 Å². The van der Waals surface area contributed by atoms with Crippen molar-refractivity contribution in [2.45, 2.75) is 12.5 Å². The van der Waals surface area contributed by atoms with Gasteiger partial charge < -0.3 is 24.1 Å². The summed E-state index contributed by atoms with van der Waals surface area (Å²) in [4.78, 5) is 40.0. The summed E-state index contributed by atoms with van der Waals surface area (Å²) in [5.41, 5.74) is 1.28. The van der Waals surface area contributed by atoms with Gasteiger partial charge in [-0.25, -0.2) is 0 Å². The van der Waals surface area contributed by atoms with Crippen molar-refractivity contribution < 1.29 is 38.4 Å². The number of ether oxygens (including phenoxy) is 4. The van der Waals surface area contributed by atoms with Gasteiger partial charge in [0, 0.05) is 5.69 Å². The predicted octanol–water partition coefficient (Wildman–Crippen LogP) is 5.36. The molecule has 3 aromatic rings. The van der Waals surface area contributed by atoms with Crippen molar-refractivity contribution >= 4 is 52.3 Å². The molecule has 0 saturated carbocycles. The van der Waals surface area contributed by atoms with E-state index in [2.05, 4.69) is 0 Å².